The van der Waals surface area contributed by atoms with Gasteiger partial charge >= 0.3 is 12.0 Å². The number of nitrogens with one attached hydrogen (secondary N) is 2. The molecule has 0 bridgehead atoms. The normalized spacial score (nSPS) is 12.9. The first-order valence-electron chi connectivity index (χ1n) is 6.59. The molecule has 0 aromatic heterocycles. The molecule has 8 heteroatoms. The molecule has 2 N–H and O–H groups in total. The highest BCUT2D eigenvalue weighted by molar-refractivity contribution is 7.84. The molecule has 120 valence electrons. The number of rotatable bonds is 5. The van der Waals surface area contributed by atoms with E-state index in [1.807, 2.05) is 5.32 Å². The molecule has 3 amide bonds. The zero-order chi connectivity index (χ0) is 16.7. The summed E-state index contributed by atoms with van der Waals surface area (Å²) in [5.74, 6) is -1.52. The number of amides is 3. The quantitative estimate of drug-likeness (QED) is 0.780. The Morgan fingerprint density at radius 2 is 1.91 bits per heavy atom. The van der Waals surface area contributed by atoms with Gasteiger partial charge in [-0.2, -0.15) is 0 Å². The second-order valence-electron chi connectivity index (χ2n) is 4.35. The molecule has 2 atom stereocenters. The van der Waals surface area contributed by atoms with Gasteiger partial charge in [0.05, 0.1) is 21.3 Å². The van der Waals surface area contributed by atoms with E-state index >= 15 is 0 Å². The Bertz CT molecular complexity index is 603. The SMILES string of the molecule is CCNC(=O)NC(=O)[C@@H](C)OC(=O)c1ccccc1[S@@](C)=O. The van der Waals surface area contributed by atoms with Crippen LogP contribution in [0.3, 0.4) is 0 Å². The van der Waals surface area contributed by atoms with Crippen LogP contribution in [0.4, 0.5) is 4.79 Å². The van der Waals surface area contributed by atoms with Gasteiger partial charge in [-0.3, -0.25) is 14.3 Å². The smallest absolute Gasteiger partial charge is 0.340 e. The summed E-state index contributed by atoms with van der Waals surface area (Å²) in [4.78, 5) is 35.3. The lowest BCUT2D eigenvalue weighted by atomic mass is 10.2. The molecule has 0 aliphatic rings. The number of hydrogen-bond acceptors (Lipinski definition) is 5. The van der Waals surface area contributed by atoms with Crippen LogP contribution in [0.2, 0.25) is 0 Å². The topological polar surface area (TPSA) is 102 Å². The molecule has 0 saturated carbocycles. The van der Waals surface area contributed by atoms with Gasteiger partial charge in [0, 0.05) is 12.8 Å². The molecule has 0 fully saturated rings. The van der Waals surface area contributed by atoms with Crippen molar-refractivity contribution in [2.24, 2.45) is 0 Å². The zero-order valence-corrected chi connectivity index (χ0v) is 13.4. The van der Waals surface area contributed by atoms with Crippen LogP contribution >= 0.6 is 0 Å². The summed E-state index contributed by atoms with van der Waals surface area (Å²) in [5, 5.41) is 4.44. The van der Waals surface area contributed by atoms with Crippen LogP contribution < -0.4 is 10.6 Å². The minimum absolute atomic E-state index is 0.126. The molecule has 0 spiro atoms. The monoisotopic (exact) mass is 326 g/mol. The largest absolute Gasteiger partial charge is 0.449 e. The van der Waals surface area contributed by atoms with E-state index in [9.17, 15) is 18.6 Å². The van der Waals surface area contributed by atoms with E-state index in [0.717, 1.165) is 0 Å². The molecule has 0 heterocycles. The average molecular weight is 326 g/mol. The van der Waals surface area contributed by atoms with E-state index in [1.165, 1.54) is 19.2 Å². The van der Waals surface area contributed by atoms with Gasteiger partial charge in [-0.1, -0.05) is 12.1 Å². The van der Waals surface area contributed by atoms with Crippen molar-refractivity contribution in [1.29, 1.82) is 0 Å². The van der Waals surface area contributed by atoms with Gasteiger partial charge in [-0.25, -0.2) is 9.59 Å². The first kappa shape index (κ1) is 17.8. The molecule has 1 aromatic carbocycles. The molecule has 0 radical (unpaired) electrons. The zero-order valence-electron chi connectivity index (χ0n) is 12.5. The summed E-state index contributed by atoms with van der Waals surface area (Å²) < 4.78 is 16.6. The van der Waals surface area contributed by atoms with Crippen LogP contribution in [0.25, 0.3) is 0 Å². The second kappa shape index (κ2) is 8.28. The Morgan fingerprint density at radius 1 is 1.27 bits per heavy atom. The van der Waals surface area contributed by atoms with Gasteiger partial charge in [0.1, 0.15) is 0 Å². The third-order valence-corrected chi connectivity index (χ3v) is 3.62. The van der Waals surface area contributed by atoms with E-state index in [-0.39, 0.29) is 5.56 Å². The van der Waals surface area contributed by atoms with Crippen LogP contribution in [0.1, 0.15) is 24.2 Å². The van der Waals surface area contributed by atoms with Crippen LogP contribution in [0, 0.1) is 0 Å². The summed E-state index contributed by atoms with van der Waals surface area (Å²) in [6.07, 6.45) is 0.283. The number of carbonyl (C=O) groups is 3. The highest BCUT2D eigenvalue weighted by Gasteiger charge is 2.22. The van der Waals surface area contributed by atoms with Gasteiger partial charge in [0.2, 0.25) is 0 Å². The average Bonchev–Trinajstić information content (AvgIpc) is 2.47. The van der Waals surface area contributed by atoms with Crippen molar-refractivity contribution in [2.75, 3.05) is 12.8 Å². The Hall–Kier alpha value is -2.22. The van der Waals surface area contributed by atoms with Crippen molar-refractivity contribution >= 4 is 28.7 Å². The second-order valence-corrected chi connectivity index (χ2v) is 5.69. The van der Waals surface area contributed by atoms with Gasteiger partial charge in [-0.05, 0) is 26.0 Å². The van der Waals surface area contributed by atoms with Gasteiger partial charge in [0.15, 0.2) is 6.10 Å². The van der Waals surface area contributed by atoms with Crippen LogP contribution in [0.15, 0.2) is 29.2 Å². The van der Waals surface area contributed by atoms with Gasteiger partial charge < -0.3 is 10.1 Å². The maximum absolute atomic E-state index is 12.1. The van der Waals surface area contributed by atoms with Crippen LogP contribution in [0.5, 0.6) is 0 Å². The first-order valence-corrected chi connectivity index (χ1v) is 8.14. The predicted octanol–water partition coefficient (Wildman–Crippen LogP) is 0.815. The minimum atomic E-state index is -1.36. The number of carbonyl (C=O) groups excluding carboxylic acids is 3. The molecule has 7 nitrogen and oxygen atoms in total. The Balaban J connectivity index is 2.74. The number of benzene rings is 1. The van der Waals surface area contributed by atoms with Crippen molar-refractivity contribution in [3.05, 3.63) is 29.8 Å². The van der Waals surface area contributed by atoms with Crippen molar-refractivity contribution in [3.63, 3.8) is 0 Å². The molecular weight excluding hydrogens is 308 g/mol. The molecule has 1 rings (SSSR count). The molecule has 0 aliphatic heterocycles. The highest BCUT2D eigenvalue weighted by Crippen LogP contribution is 2.14. The molecule has 0 saturated heterocycles. The fourth-order valence-electron chi connectivity index (χ4n) is 1.58. The number of urea groups is 1. The summed E-state index contributed by atoms with van der Waals surface area (Å²) in [5.41, 5.74) is 0.126. The van der Waals surface area contributed by atoms with E-state index in [4.69, 9.17) is 4.74 Å². The molecule has 0 unspecified atom stereocenters. The molecular formula is C14H18N2O5S. The van der Waals surface area contributed by atoms with Crippen LogP contribution in [-0.4, -0.2) is 41.0 Å². The van der Waals surface area contributed by atoms with E-state index in [0.29, 0.717) is 11.4 Å². The standard InChI is InChI=1S/C14H18N2O5S/c1-4-15-14(19)16-12(17)9(2)21-13(18)10-7-5-6-8-11(10)22(3)20/h5-9H,4H2,1-3H3,(H2,15,16,17,19)/t9-,22-/m1/s1. The third kappa shape index (κ3) is 4.96. The lowest BCUT2D eigenvalue weighted by Crippen LogP contribution is -2.44. The number of esters is 1. The summed E-state index contributed by atoms with van der Waals surface area (Å²) in [7, 11) is -1.36. The number of ether oxygens (including phenoxy) is 1. The predicted molar refractivity (Wildman–Crippen MR) is 80.9 cm³/mol. The van der Waals surface area contributed by atoms with Crippen molar-refractivity contribution in [1.82, 2.24) is 10.6 Å². The fourth-order valence-corrected chi connectivity index (χ4v) is 2.31. The third-order valence-electron chi connectivity index (χ3n) is 2.64. The van der Waals surface area contributed by atoms with E-state index < -0.39 is 34.8 Å². The van der Waals surface area contributed by atoms with Crippen molar-refractivity contribution < 1.29 is 23.3 Å². The summed E-state index contributed by atoms with van der Waals surface area (Å²) in [6, 6.07) is 5.61. The Labute approximate surface area is 130 Å². The molecule has 1 aromatic rings. The maximum Gasteiger partial charge on any atom is 0.340 e. The van der Waals surface area contributed by atoms with Crippen molar-refractivity contribution in [2.45, 2.75) is 24.8 Å². The summed E-state index contributed by atoms with van der Waals surface area (Å²) >= 11 is 0. The number of imide groups is 1. The first-order chi connectivity index (χ1) is 10.4. The maximum atomic E-state index is 12.1. The fraction of sp³-hybridized carbons (Fsp3) is 0.357. The Morgan fingerprint density at radius 3 is 2.50 bits per heavy atom. The van der Waals surface area contributed by atoms with E-state index in [1.54, 1.807) is 25.1 Å². The number of hydrogen-bond donors (Lipinski definition) is 2. The summed E-state index contributed by atoms with van der Waals surface area (Å²) in [6.45, 7) is 3.41. The minimum Gasteiger partial charge on any atom is -0.449 e. The lowest BCUT2D eigenvalue weighted by Gasteiger charge is -2.14. The van der Waals surface area contributed by atoms with E-state index in [2.05, 4.69) is 5.32 Å². The highest BCUT2D eigenvalue weighted by atomic mass is 32.2. The lowest BCUT2D eigenvalue weighted by molar-refractivity contribution is -0.127. The Kier molecular flexibility index (Phi) is 6.71. The van der Waals surface area contributed by atoms with Gasteiger partial charge in [-0.15, -0.1) is 0 Å². The molecule has 0 aliphatic carbocycles. The van der Waals surface area contributed by atoms with Crippen LogP contribution in [-0.2, 0) is 20.3 Å². The molecule has 22 heavy (non-hydrogen) atoms. The van der Waals surface area contributed by atoms with Crippen molar-refractivity contribution in [3.8, 4) is 0 Å². The van der Waals surface area contributed by atoms with Gasteiger partial charge in [0.25, 0.3) is 5.91 Å².